The molecule has 3 N–H and O–H groups in total. The monoisotopic (exact) mass is 540 g/mol. The van der Waals surface area contributed by atoms with Gasteiger partial charge < -0.3 is 20.1 Å². The number of nitrogens with zero attached hydrogens (tertiary/aromatic N) is 1. The normalized spacial score (nSPS) is 11.1. The number of pyridine rings is 1. The number of benzene rings is 1. The van der Waals surface area contributed by atoms with Gasteiger partial charge in [-0.15, -0.1) is 0 Å². The van der Waals surface area contributed by atoms with Gasteiger partial charge in [0.1, 0.15) is 5.69 Å². The van der Waals surface area contributed by atoms with E-state index in [9.17, 15) is 22.8 Å². The second-order valence-corrected chi connectivity index (χ2v) is 9.36. The van der Waals surface area contributed by atoms with Crippen LogP contribution in [0.2, 0.25) is 5.02 Å². The first-order chi connectivity index (χ1) is 17.2. The fourth-order valence-corrected chi connectivity index (χ4v) is 4.04. The SMILES string of the molecule is CCOCCCNC(=O)c1cc(S(=O)(=O)NC(=O)c2ccc(C(=O)NCCOCC)nc2)ccc1Cl. The number of nitrogens with one attached hydrogen (secondary N) is 3. The van der Waals surface area contributed by atoms with Crippen molar-refractivity contribution < 1.29 is 32.3 Å². The van der Waals surface area contributed by atoms with Gasteiger partial charge in [-0.2, -0.15) is 0 Å². The zero-order chi connectivity index (χ0) is 26.6. The summed E-state index contributed by atoms with van der Waals surface area (Å²) in [4.78, 5) is 40.6. The van der Waals surface area contributed by atoms with Crippen LogP contribution in [0, 0.1) is 0 Å². The van der Waals surface area contributed by atoms with Crippen LogP contribution in [0.1, 0.15) is 51.5 Å². The molecule has 0 saturated carbocycles. The van der Waals surface area contributed by atoms with Gasteiger partial charge in [0.15, 0.2) is 0 Å². The molecule has 0 unspecified atom stereocenters. The number of hydrogen-bond acceptors (Lipinski definition) is 8. The molecule has 0 aliphatic rings. The molecule has 2 rings (SSSR count). The third-order valence-corrected chi connectivity index (χ3v) is 6.33. The molecule has 1 aromatic carbocycles. The molecule has 2 aromatic rings. The van der Waals surface area contributed by atoms with Crippen LogP contribution in [0.5, 0.6) is 0 Å². The number of amides is 3. The van der Waals surface area contributed by atoms with Crippen molar-refractivity contribution in [2.75, 3.05) is 39.5 Å². The largest absolute Gasteiger partial charge is 0.382 e. The molecule has 3 amide bonds. The lowest BCUT2D eigenvalue weighted by Crippen LogP contribution is -2.31. The van der Waals surface area contributed by atoms with E-state index in [1.807, 2.05) is 18.6 Å². The predicted octanol–water partition coefficient (Wildman–Crippen LogP) is 1.78. The lowest BCUT2D eigenvalue weighted by molar-refractivity contribution is 0.0914. The summed E-state index contributed by atoms with van der Waals surface area (Å²) in [5.74, 6) is -1.97. The Morgan fingerprint density at radius 2 is 1.61 bits per heavy atom. The first-order valence-electron chi connectivity index (χ1n) is 11.2. The smallest absolute Gasteiger partial charge is 0.269 e. The highest BCUT2D eigenvalue weighted by Gasteiger charge is 2.22. The van der Waals surface area contributed by atoms with Crippen molar-refractivity contribution in [3.63, 3.8) is 0 Å². The molecule has 1 heterocycles. The molecular weight excluding hydrogens is 512 g/mol. The van der Waals surface area contributed by atoms with Gasteiger partial charge in [-0.25, -0.2) is 13.1 Å². The Morgan fingerprint density at radius 3 is 2.28 bits per heavy atom. The molecule has 0 aliphatic carbocycles. The highest BCUT2D eigenvalue weighted by molar-refractivity contribution is 7.90. The average Bonchev–Trinajstić information content (AvgIpc) is 2.86. The summed E-state index contributed by atoms with van der Waals surface area (Å²) in [5, 5.41) is 5.31. The standard InChI is InChI=1S/C23H29ClN4O7S/c1-3-34-12-5-10-25-22(30)18-14-17(7-8-19(18)24)36(32,33)28-21(29)16-6-9-20(27-15-16)23(31)26-11-13-35-4-2/h6-9,14-15H,3-5,10-13H2,1-2H3,(H,25,30)(H,26,31)(H,28,29). The first-order valence-corrected chi connectivity index (χ1v) is 13.1. The van der Waals surface area contributed by atoms with Crippen molar-refractivity contribution in [3.05, 3.63) is 58.4 Å². The fourth-order valence-electron chi connectivity index (χ4n) is 2.84. The Balaban J connectivity index is 2.04. The van der Waals surface area contributed by atoms with E-state index >= 15 is 0 Å². The quantitative estimate of drug-likeness (QED) is 0.306. The van der Waals surface area contributed by atoms with Gasteiger partial charge in [0, 0.05) is 39.1 Å². The highest BCUT2D eigenvalue weighted by atomic mass is 35.5. The number of aromatic nitrogens is 1. The van der Waals surface area contributed by atoms with E-state index in [-0.39, 0.29) is 26.7 Å². The van der Waals surface area contributed by atoms with Crippen molar-refractivity contribution >= 4 is 39.3 Å². The van der Waals surface area contributed by atoms with Gasteiger partial charge in [0.05, 0.1) is 27.7 Å². The Kier molecular flexibility index (Phi) is 11.7. The maximum absolute atomic E-state index is 12.8. The fraction of sp³-hybridized carbons (Fsp3) is 0.391. The van der Waals surface area contributed by atoms with E-state index in [4.69, 9.17) is 21.1 Å². The summed E-state index contributed by atoms with van der Waals surface area (Å²) >= 11 is 6.08. The Hall–Kier alpha value is -3.06. The van der Waals surface area contributed by atoms with Crippen molar-refractivity contribution in [2.45, 2.75) is 25.2 Å². The minimum Gasteiger partial charge on any atom is -0.382 e. The molecule has 1 aromatic heterocycles. The predicted molar refractivity (Wildman–Crippen MR) is 133 cm³/mol. The third-order valence-electron chi connectivity index (χ3n) is 4.67. The van der Waals surface area contributed by atoms with Crippen molar-refractivity contribution in [1.82, 2.24) is 20.3 Å². The summed E-state index contributed by atoms with van der Waals surface area (Å²) in [5.41, 5.74) is -0.0732. The number of carbonyl (C=O) groups is 3. The summed E-state index contributed by atoms with van der Waals surface area (Å²) in [6.45, 7) is 6.22. The van der Waals surface area contributed by atoms with E-state index in [2.05, 4.69) is 15.6 Å². The Morgan fingerprint density at radius 1 is 0.917 bits per heavy atom. The van der Waals surface area contributed by atoms with Crippen LogP contribution >= 0.6 is 11.6 Å². The molecule has 36 heavy (non-hydrogen) atoms. The first kappa shape index (κ1) is 29.2. The summed E-state index contributed by atoms with van der Waals surface area (Å²) in [6.07, 6.45) is 1.66. The zero-order valence-electron chi connectivity index (χ0n) is 20.0. The number of sulfonamides is 1. The van der Waals surface area contributed by atoms with Gasteiger partial charge in [0.2, 0.25) is 0 Å². The van der Waals surface area contributed by atoms with Crippen molar-refractivity contribution in [3.8, 4) is 0 Å². The van der Waals surface area contributed by atoms with Gasteiger partial charge >= 0.3 is 0 Å². The molecule has 0 saturated heterocycles. The molecule has 196 valence electrons. The van der Waals surface area contributed by atoms with Crippen LogP contribution in [0.15, 0.2) is 41.4 Å². The van der Waals surface area contributed by atoms with Crippen LogP contribution in [0.3, 0.4) is 0 Å². The van der Waals surface area contributed by atoms with Crippen molar-refractivity contribution in [1.29, 1.82) is 0 Å². The molecule has 0 aliphatic heterocycles. The van der Waals surface area contributed by atoms with E-state index in [1.54, 1.807) is 0 Å². The summed E-state index contributed by atoms with van der Waals surface area (Å²) in [7, 11) is -4.34. The van der Waals surface area contributed by atoms with Crippen LogP contribution in [-0.4, -0.2) is 70.6 Å². The zero-order valence-corrected chi connectivity index (χ0v) is 21.6. The Bertz CT molecular complexity index is 1160. The molecule has 0 atom stereocenters. The highest BCUT2D eigenvalue weighted by Crippen LogP contribution is 2.21. The minimum absolute atomic E-state index is 0.0511. The lowest BCUT2D eigenvalue weighted by atomic mass is 10.2. The molecule has 0 spiro atoms. The number of carbonyl (C=O) groups excluding carboxylic acids is 3. The minimum atomic E-state index is -4.34. The van der Waals surface area contributed by atoms with Gasteiger partial charge in [0.25, 0.3) is 27.7 Å². The second kappa shape index (κ2) is 14.5. The van der Waals surface area contributed by atoms with Crippen molar-refractivity contribution in [2.24, 2.45) is 0 Å². The van der Waals surface area contributed by atoms with Crippen LogP contribution < -0.4 is 15.4 Å². The number of ether oxygens (including phenoxy) is 2. The van der Waals surface area contributed by atoms with Crippen LogP contribution in [0.25, 0.3) is 0 Å². The second-order valence-electron chi connectivity index (χ2n) is 7.27. The van der Waals surface area contributed by atoms with E-state index in [1.165, 1.54) is 24.3 Å². The molecule has 0 radical (unpaired) electrons. The van der Waals surface area contributed by atoms with E-state index in [0.717, 1.165) is 12.3 Å². The molecule has 13 heteroatoms. The molecule has 0 fully saturated rings. The summed E-state index contributed by atoms with van der Waals surface area (Å²) in [6, 6.07) is 6.10. The van der Waals surface area contributed by atoms with Gasteiger partial charge in [-0.3, -0.25) is 19.4 Å². The van der Waals surface area contributed by atoms with Gasteiger partial charge in [-0.1, -0.05) is 11.6 Å². The molecular formula is C23H29ClN4O7S. The van der Waals surface area contributed by atoms with Crippen LogP contribution in [0.4, 0.5) is 0 Å². The number of hydrogen-bond donors (Lipinski definition) is 3. The molecule has 11 nitrogen and oxygen atoms in total. The summed E-state index contributed by atoms with van der Waals surface area (Å²) < 4.78 is 37.8. The Labute approximate surface area is 215 Å². The van der Waals surface area contributed by atoms with E-state index < -0.39 is 27.7 Å². The lowest BCUT2D eigenvalue weighted by Gasteiger charge is -2.11. The number of halogens is 1. The maximum Gasteiger partial charge on any atom is 0.269 e. The third kappa shape index (κ3) is 8.86. The van der Waals surface area contributed by atoms with E-state index in [0.29, 0.717) is 45.9 Å². The van der Waals surface area contributed by atoms with Crippen LogP contribution in [-0.2, 0) is 19.5 Å². The number of rotatable bonds is 14. The maximum atomic E-state index is 12.8. The molecule has 0 bridgehead atoms. The van der Waals surface area contributed by atoms with Gasteiger partial charge in [-0.05, 0) is 50.6 Å². The topological polar surface area (TPSA) is 153 Å². The average molecular weight is 541 g/mol.